The van der Waals surface area contributed by atoms with Gasteiger partial charge in [-0.15, -0.1) is 0 Å². The lowest BCUT2D eigenvalue weighted by Crippen LogP contribution is -2.29. The SMILES string of the molecule is COc1ccc2nccc(-c3ccccc3)c2n1.COc1ccc2nccc(Br)c2n1.OB(O)c1ccccc1. The Kier molecular flexibility index (Phi) is 10.1. The first-order chi connectivity index (χ1) is 19.5. The normalized spacial score (nSPS) is 10.1. The van der Waals surface area contributed by atoms with Crippen LogP contribution in [0.5, 0.6) is 11.8 Å². The van der Waals surface area contributed by atoms with Gasteiger partial charge in [0.1, 0.15) is 11.0 Å². The molecular weight excluding hydrogens is 571 g/mol. The van der Waals surface area contributed by atoms with Gasteiger partial charge in [-0.2, -0.15) is 0 Å². The molecule has 0 spiro atoms. The van der Waals surface area contributed by atoms with E-state index in [1.54, 1.807) is 56.9 Å². The predicted molar refractivity (Wildman–Crippen MR) is 162 cm³/mol. The van der Waals surface area contributed by atoms with Gasteiger partial charge in [-0.05, 0) is 51.2 Å². The molecule has 0 saturated heterocycles. The molecule has 0 unspecified atom stereocenters. The summed E-state index contributed by atoms with van der Waals surface area (Å²) in [6.07, 6.45) is 3.54. The van der Waals surface area contributed by atoms with Crippen LogP contribution in [-0.2, 0) is 0 Å². The lowest BCUT2D eigenvalue weighted by Gasteiger charge is -2.06. The molecule has 0 fully saturated rings. The van der Waals surface area contributed by atoms with Crippen molar-refractivity contribution in [2.75, 3.05) is 14.2 Å². The Morgan fingerprint density at radius 2 is 1.15 bits per heavy atom. The Morgan fingerprint density at radius 1 is 0.625 bits per heavy atom. The standard InChI is InChI=1S/C15H12N2O.C9H7BrN2O.C6H7BO2/c1-18-14-8-7-13-15(17-14)12(9-10-16-13)11-5-3-2-4-6-11;1-13-8-3-2-7-9(12-8)6(10)4-5-11-7;8-7(9)6-4-2-1-3-5-6/h2-10H,1H3;2-5H,1H3;1-5,8-9H. The molecule has 4 heterocycles. The molecule has 0 saturated carbocycles. The van der Waals surface area contributed by atoms with Crippen LogP contribution in [0.1, 0.15) is 0 Å². The van der Waals surface area contributed by atoms with Crippen molar-refractivity contribution in [2.45, 2.75) is 0 Å². The van der Waals surface area contributed by atoms with Crippen LogP contribution in [0.15, 0.2) is 114 Å². The Bertz CT molecular complexity index is 1680. The predicted octanol–water partition coefficient (Wildman–Crippen LogP) is 5.07. The monoisotopic (exact) mass is 596 g/mol. The van der Waals surface area contributed by atoms with Gasteiger partial charge in [-0.25, -0.2) is 9.97 Å². The highest BCUT2D eigenvalue weighted by atomic mass is 79.9. The van der Waals surface area contributed by atoms with Crippen LogP contribution in [0, 0.1) is 0 Å². The van der Waals surface area contributed by atoms with Crippen LogP contribution >= 0.6 is 15.9 Å². The molecule has 0 aliphatic heterocycles. The molecule has 0 amide bonds. The molecule has 0 atom stereocenters. The van der Waals surface area contributed by atoms with Crippen LogP contribution in [0.2, 0.25) is 0 Å². The summed E-state index contributed by atoms with van der Waals surface area (Å²) in [5.41, 5.74) is 6.14. The Labute approximate surface area is 240 Å². The van der Waals surface area contributed by atoms with Crippen LogP contribution in [0.25, 0.3) is 33.2 Å². The minimum absolute atomic E-state index is 0.525. The molecular formula is C30H26BBrN4O4. The zero-order valence-corrected chi connectivity index (χ0v) is 23.4. The summed E-state index contributed by atoms with van der Waals surface area (Å²) in [5, 5.41) is 17.2. The smallest absolute Gasteiger partial charge is 0.481 e. The van der Waals surface area contributed by atoms with Crippen LogP contribution in [0.4, 0.5) is 0 Å². The van der Waals surface area contributed by atoms with E-state index >= 15 is 0 Å². The lowest BCUT2D eigenvalue weighted by molar-refractivity contribution is 0.399. The number of methoxy groups -OCH3 is 2. The fraction of sp³-hybridized carbons (Fsp3) is 0.0667. The van der Waals surface area contributed by atoms with Crippen molar-refractivity contribution in [3.63, 3.8) is 0 Å². The number of rotatable bonds is 4. The number of benzene rings is 2. The average molecular weight is 597 g/mol. The minimum atomic E-state index is -1.34. The largest absolute Gasteiger partial charge is 0.488 e. The van der Waals surface area contributed by atoms with Crippen molar-refractivity contribution in [3.8, 4) is 22.9 Å². The maximum Gasteiger partial charge on any atom is 0.488 e. The number of hydrogen-bond acceptors (Lipinski definition) is 8. The Balaban J connectivity index is 0.000000148. The summed E-state index contributed by atoms with van der Waals surface area (Å²) in [7, 11) is 1.87. The van der Waals surface area contributed by atoms with Crippen molar-refractivity contribution >= 4 is 50.6 Å². The Morgan fingerprint density at radius 3 is 1.70 bits per heavy atom. The second kappa shape index (κ2) is 14.1. The van der Waals surface area contributed by atoms with E-state index in [9.17, 15) is 0 Å². The number of aromatic nitrogens is 4. The quantitative estimate of drug-likeness (QED) is 0.271. The average Bonchev–Trinajstić information content (AvgIpc) is 3.02. The van der Waals surface area contributed by atoms with Gasteiger partial charge in [0.2, 0.25) is 11.8 Å². The Hall–Kier alpha value is -4.38. The molecule has 8 nitrogen and oxygen atoms in total. The van der Waals surface area contributed by atoms with E-state index in [1.165, 1.54) is 0 Å². The summed E-state index contributed by atoms with van der Waals surface area (Å²) in [6.45, 7) is 0. The third kappa shape index (κ3) is 7.38. The number of ether oxygens (including phenoxy) is 2. The highest BCUT2D eigenvalue weighted by molar-refractivity contribution is 9.10. The molecule has 2 aromatic carbocycles. The number of pyridine rings is 4. The summed E-state index contributed by atoms with van der Waals surface area (Å²) < 4.78 is 11.1. The van der Waals surface area contributed by atoms with Crippen LogP contribution in [-0.4, -0.2) is 51.3 Å². The third-order valence-electron chi connectivity index (χ3n) is 5.67. The second-order valence-corrected chi connectivity index (χ2v) is 9.10. The van der Waals surface area contributed by atoms with E-state index in [0.717, 1.165) is 37.7 Å². The zero-order valence-electron chi connectivity index (χ0n) is 21.8. The first-order valence-corrected chi connectivity index (χ1v) is 13.0. The molecule has 40 heavy (non-hydrogen) atoms. The van der Waals surface area contributed by atoms with Gasteiger partial charge in [0, 0.05) is 34.6 Å². The first-order valence-electron chi connectivity index (χ1n) is 12.2. The van der Waals surface area contributed by atoms with Crippen LogP contribution < -0.4 is 14.9 Å². The number of halogens is 1. The van der Waals surface area contributed by atoms with Gasteiger partial charge in [0.05, 0.1) is 25.3 Å². The van der Waals surface area contributed by atoms with Gasteiger partial charge < -0.3 is 19.5 Å². The molecule has 0 aliphatic rings. The van der Waals surface area contributed by atoms with E-state index in [4.69, 9.17) is 19.5 Å². The maximum absolute atomic E-state index is 8.58. The van der Waals surface area contributed by atoms with Gasteiger partial charge in [-0.1, -0.05) is 60.7 Å². The zero-order chi connectivity index (χ0) is 28.3. The van der Waals surface area contributed by atoms with Crippen molar-refractivity contribution in [1.29, 1.82) is 0 Å². The first kappa shape index (κ1) is 28.6. The highest BCUT2D eigenvalue weighted by Gasteiger charge is 2.08. The van der Waals surface area contributed by atoms with E-state index in [1.807, 2.05) is 54.6 Å². The van der Waals surface area contributed by atoms with Crippen molar-refractivity contribution in [3.05, 3.63) is 114 Å². The maximum atomic E-state index is 8.58. The molecule has 2 N–H and O–H groups in total. The fourth-order valence-corrected chi connectivity index (χ4v) is 4.10. The molecule has 0 radical (unpaired) electrons. The van der Waals surface area contributed by atoms with E-state index < -0.39 is 7.12 Å². The fourth-order valence-electron chi connectivity index (χ4n) is 3.69. The minimum Gasteiger partial charge on any atom is -0.481 e. The highest BCUT2D eigenvalue weighted by Crippen LogP contribution is 2.27. The van der Waals surface area contributed by atoms with Crippen molar-refractivity contribution in [2.24, 2.45) is 0 Å². The molecule has 6 aromatic rings. The second-order valence-electron chi connectivity index (χ2n) is 8.24. The van der Waals surface area contributed by atoms with Crippen molar-refractivity contribution in [1.82, 2.24) is 19.9 Å². The molecule has 0 aliphatic carbocycles. The van der Waals surface area contributed by atoms with E-state index in [-0.39, 0.29) is 0 Å². The van der Waals surface area contributed by atoms with Gasteiger partial charge >= 0.3 is 7.12 Å². The lowest BCUT2D eigenvalue weighted by atomic mass is 9.81. The van der Waals surface area contributed by atoms with Crippen molar-refractivity contribution < 1.29 is 19.5 Å². The summed E-state index contributed by atoms with van der Waals surface area (Å²) in [5.74, 6) is 1.20. The number of nitrogens with zero attached hydrogens (tertiary/aromatic N) is 4. The number of hydrogen-bond donors (Lipinski definition) is 2. The summed E-state index contributed by atoms with van der Waals surface area (Å²) >= 11 is 3.40. The molecule has 200 valence electrons. The topological polar surface area (TPSA) is 110 Å². The summed E-state index contributed by atoms with van der Waals surface area (Å²) in [6, 6.07) is 30.1. The molecule has 4 aromatic heterocycles. The molecule has 6 rings (SSSR count). The molecule has 0 bridgehead atoms. The number of fused-ring (bicyclic) bond motifs is 2. The third-order valence-corrected chi connectivity index (χ3v) is 6.31. The van der Waals surface area contributed by atoms with Crippen LogP contribution in [0.3, 0.4) is 0 Å². The van der Waals surface area contributed by atoms with E-state index in [2.05, 4.69) is 48.0 Å². The van der Waals surface area contributed by atoms with Gasteiger partial charge in [0.25, 0.3) is 0 Å². The van der Waals surface area contributed by atoms with Gasteiger partial charge in [-0.3, -0.25) is 9.97 Å². The molecule has 10 heteroatoms. The summed E-state index contributed by atoms with van der Waals surface area (Å²) in [4.78, 5) is 17.2. The van der Waals surface area contributed by atoms with Gasteiger partial charge in [0.15, 0.2) is 0 Å². The van der Waals surface area contributed by atoms with E-state index in [0.29, 0.717) is 17.2 Å².